The highest BCUT2D eigenvalue weighted by atomic mass is 16.5. The minimum absolute atomic E-state index is 0.0535. The van der Waals surface area contributed by atoms with Gasteiger partial charge in [-0.1, -0.05) is 6.07 Å². The molecule has 0 aliphatic carbocycles. The smallest absolute Gasteiger partial charge is 0.238 e. The molecule has 3 rings (SSSR count). The molecule has 26 heavy (non-hydrogen) atoms. The van der Waals surface area contributed by atoms with Gasteiger partial charge in [0.15, 0.2) is 0 Å². The van der Waals surface area contributed by atoms with Crippen molar-refractivity contribution in [1.29, 1.82) is 5.26 Å². The molecule has 1 N–H and O–H groups in total. The number of aromatic nitrogens is 1. The van der Waals surface area contributed by atoms with Crippen LogP contribution in [0.5, 0.6) is 5.75 Å². The molecule has 0 bridgehead atoms. The fraction of sp³-hybridized carbons (Fsp3) is 0.316. The van der Waals surface area contributed by atoms with E-state index in [0.29, 0.717) is 17.9 Å². The van der Waals surface area contributed by atoms with E-state index < -0.39 is 0 Å². The Bertz CT molecular complexity index is 810. The third kappa shape index (κ3) is 4.29. The highest BCUT2D eigenvalue weighted by Crippen LogP contribution is 2.19. The highest BCUT2D eigenvalue weighted by Gasteiger charge is 2.21. The number of nitriles is 1. The van der Waals surface area contributed by atoms with Crippen molar-refractivity contribution in [2.24, 2.45) is 0 Å². The summed E-state index contributed by atoms with van der Waals surface area (Å²) in [5, 5.41) is 12.1. The van der Waals surface area contributed by atoms with Gasteiger partial charge < -0.3 is 15.0 Å². The second-order valence-electron chi connectivity index (χ2n) is 6.03. The van der Waals surface area contributed by atoms with Crippen LogP contribution < -0.4 is 15.0 Å². The molecular weight excluding hydrogens is 330 g/mol. The summed E-state index contributed by atoms with van der Waals surface area (Å²) in [4.78, 5) is 20.8. The van der Waals surface area contributed by atoms with Gasteiger partial charge in [0.25, 0.3) is 0 Å². The van der Waals surface area contributed by atoms with Gasteiger partial charge in [0.2, 0.25) is 5.91 Å². The fourth-order valence-electron chi connectivity index (χ4n) is 2.96. The molecule has 0 atom stereocenters. The van der Waals surface area contributed by atoms with E-state index in [1.165, 1.54) is 0 Å². The molecule has 7 nitrogen and oxygen atoms in total. The molecule has 1 fully saturated rings. The first-order valence-electron chi connectivity index (χ1n) is 8.46. The molecule has 1 aliphatic heterocycles. The van der Waals surface area contributed by atoms with E-state index >= 15 is 0 Å². The number of ether oxygens (including phenoxy) is 1. The number of hydrogen-bond donors (Lipinski definition) is 1. The first-order valence-corrected chi connectivity index (χ1v) is 8.46. The molecular formula is C19H21N5O2. The highest BCUT2D eigenvalue weighted by molar-refractivity contribution is 5.92. The van der Waals surface area contributed by atoms with E-state index in [2.05, 4.69) is 26.2 Å². The maximum atomic E-state index is 12.3. The standard InChI is InChI=1S/C19H21N5O2/c1-26-17-6-2-5-16(12-17)22-18(25)14-23-8-10-24(11-9-23)19-15(13-20)4-3-7-21-19/h2-7,12H,8-11,14H2,1H3,(H,22,25). The maximum Gasteiger partial charge on any atom is 0.238 e. The molecule has 2 heterocycles. The summed E-state index contributed by atoms with van der Waals surface area (Å²) < 4.78 is 5.16. The lowest BCUT2D eigenvalue weighted by Gasteiger charge is -2.35. The molecule has 0 spiro atoms. The molecule has 0 radical (unpaired) electrons. The zero-order chi connectivity index (χ0) is 18.4. The average molecular weight is 351 g/mol. The van der Waals surface area contributed by atoms with Gasteiger partial charge in [-0.3, -0.25) is 9.69 Å². The number of carbonyl (C=O) groups is 1. The first-order chi connectivity index (χ1) is 12.7. The second kappa shape index (κ2) is 8.32. The predicted octanol–water partition coefficient (Wildman–Crippen LogP) is 1.72. The number of pyridine rings is 1. The van der Waals surface area contributed by atoms with E-state index in [1.54, 1.807) is 31.5 Å². The number of nitrogens with zero attached hydrogens (tertiary/aromatic N) is 4. The Morgan fingerprint density at radius 3 is 2.81 bits per heavy atom. The molecule has 0 unspecified atom stereocenters. The van der Waals surface area contributed by atoms with Crippen molar-refractivity contribution in [1.82, 2.24) is 9.88 Å². The van der Waals surface area contributed by atoms with Crippen LogP contribution in [0.2, 0.25) is 0 Å². The summed E-state index contributed by atoms with van der Waals surface area (Å²) >= 11 is 0. The lowest BCUT2D eigenvalue weighted by molar-refractivity contribution is -0.117. The molecule has 1 saturated heterocycles. The molecule has 1 aliphatic rings. The molecule has 1 aromatic carbocycles. The van der Waals surface area contributed by atoms with Crippen molar-refractivity contribution in [3.8, 4) is 11.8 Å². The maximum absolute atomic E-state index is 12.3. The average Bonchev–Trinajstić information content (AvgIpc) is 2.68. The van der Waals surface area contributed by atoms with E-state index in [9.17, 15) is 10.1 Å². The van der Waals surface area contributed by atoms with Crippen LogP contribution in [0.4, 0.5) is 11.5 Å². The Morgan fingerprint density at radius 1 is 1.27 bits per heavy atom. The van der Waals surface area contributed by atoms with Crippen molar-refractivity contribution in [2.75, 3.05) is 50.1 Å². The second-order valence-corrected chi connectivity index (χ2v) is 6.03. The van der Waals surface area contributed by atoms with E-state index in [1.807, 2.05) is 18.2 Å². The van der Waals surface area contributed by atoms with Crippen LogP contribution in [0.3, 0.4) is 0 Å². The summed E-state index contributed by atoms with van der Waals surface area (Å²) in [6.45, 7) is 3.29. The number of nitrogens with one attached hydrogen (secondary N) is 1. The van der Waals surface area contributed by atoms with Gasteiger partial charge in [-0.2, -0.15) is 5.26 Å². The largest absolute Gasteiger partial charge is 0.497 e. The SMILES string of the molecule is COc1cccc(NC(=O)CN2CCN(c3ncccc3C#N)CC2)c1. The quantitative estimate of drug-likeness (QED) is 0.883. The van der Waals surface area contributed by atoms with Gasteiger partial charge in [-0.15, -0.1) is 0 Å². The number of hydrogen-bond acceptors (Lipinski definition) is 6. The van der Waals surface area contributed by atoms with Gasteiger partial charge in [0.05, 0.1) is 19.2 Å². The Balaban J connectivity index is 1.52. The zero-order valence-corrected chi connectivity index (χ0v) is 14.7. The molecule has 1 aromatic heterocycles. The molecule has 0 saturated carbocycles. The number of methoxy groups -OCH3 is 1. The van der Waals surface area contributed by atoms with E-state index in [-0.39, 0.29) is 5.91 Å². The van der Waals surface area contributed by atoms with E-state index in [0.717, 1.165) is 37.7 Å². The van der Waals surface area contributed by atoms with Crippen LogP contribution in [-0.2, 0) is 4.79 Å². The minimum Gasteiger partial charge on any atom is -0.497 e. The Hall–Kier alpha value is -3.11. The van der Waals surface area contributed by atoms with Crippen molar-refractivity contribution in [3.63, 3.8) is 0 Å². The predicted molar refractivity (Wildman–Crippen MR) is 99.2 cm³/mol. The zero-order valence-electron chi connectivity index (χ0n) is 14.7. The number of amides is 1. The Labute approximate surface area is 152 Å². The van der Waals surface area contributed by atoms with Crippen molar-refractivity contribution in [3.05, 3.63) is 48.2 Å². The third-order valence-corrected chi connectivity index (χ3v) is 4.30. The van der Waals surface area contributed by atoms with Crippen molar-refractivity contribution >= 4 is 17.4 Å². The van der Waals surface area contributed by atoms with Gasteiger partial charge in [0.1, 0.15) is 17.6 Å². The van der Waals surface area contributed by atoms with Gasteiger partial charge in [-0.05, 0) is 24.3 Å². The Kier molecular flexibility index (Phi) is 5.66. The summed E-state index contributed by atoms with van der Waals surface area (Å²) in [7, 11) is 1.60. The van der Waals surface area contributed by atoms with Crippen LogP contribution >= 0.6 is 0 Å². The fourth-order valence-corrected chi connectivity index (χ4v) is 2.96. The molecule has 7 heteroatoms. The number of piperazine rings is 1. The molecule has 1 amide bonds. The van der Waals surface area contributed by atoms with Crippen molar-refractivity contribution < 1.29 is 9.53 Å². The normalized spacial score (nSPS) is 14.5. The summed E-state index contributed by atoms with van der Waals surface area (Å²) in [6.07, 6.45) is 1.70. The molecule has 2 aromatic rings. The lowest BCUT2D eigenvalue weighted by Crippen LogP contribution is -2.49. The first kappa shape index (κ1) is 17.7. The van der Waals surface area contributed by atoms with Crippen LogP contribution in [-0.4, -0.2) is 55.6 Å². The minimum atomic E-state index is -0.0535. The number of anilines is 2. The number of carbonyl (C=O) groups excluding carboxylic acids is 1. The van der Waals surface area contributed by atoms with Gasteiger partial charge >= 0.3 is 0 Å². The lowest BCUT2D eigenvalue weighted by atomic mass is 10.2. The van der Waals surface area contributed by atoms with Crippen LogP contribution in [0.25, 0.3) is 0 Å². The monoisotopic (exact) mass is 351 g/mol. The molecule has 134 valence electrons. The summed E-state index contributed by atoms with van der Waals surface area (Å²) in [6, 6.07) is 13.0. The van der Waals surface area contributed by atoms with E-state index in [4.69, 9.17) is 4.74 Å². The van der Waals surface area contributed by atoms with Gasteiger partial charge in [-0.25, -0.2) is 4.98 Å². The number of benzene rings is 1. The summed E-state index contributed by atoms with van der Waals surface area (Å²) in [5.74, 6) is 1.37. The van der Waals surface area contributed by atoms with Crippen LogP contribution in [0.1, 0.15) is 5.56 Å². The van der Waals surface area contributed by atoms with Crippen molar-refractivity contribution in [2.45, 2.75) is 0 Å². The van der Waals surface area contributed by atoms with Crippen LogP contribution in [0.15, 0.2) is 42.6 Å². The van der Waals surface area contributed by atoms with Crippen LogP contribution in [0, 0.1) is 11.3 Å². The van der Waals surface area contributed by atoms with Gasteiger partial charge in [0, 0.05) is 44.1 Å². The summed E-state index contributed by atoms with van der Waals surface area (Å²) in [5.41, 5.74) is 1.30. The Morgan fingerprint density at radius 2 is 2.08 bits per heavy atom. The topological polar surface area (TPSA) is 81.5 Å². The third-order valence-electron chi connectivity index (χ3n) is 4.30. The number of rotatable bonds is 5.